The Hall–Kier alpha value is -1.10. The van der Waals surface area contributed by atoms with E-state index in [0.717, 1.165) is 58.0 Å². The molecule has 0 amide bonds. The summed E-state index contributed by atoms with van der Waals surface area (Å²) in [4.78, 5) is 4.92. The Balaban J connectivity index is 1.88. The van der Waals surface area contributed by atoms with Crippen LogP contribution in [0.4, 0.5) is 0 Å². The van der Waals surface area contributed by atoms with Crippen molar-refractivity contribution in [3.63, 3.8) is 0 Å². The van der Waals surface area contributed by atoms with Gasteiger partial charge in [-0.25, -0.2) is 0 Å². The van der Waals surface area contributed by atoms with Crippen LogP contribution in [0.5, 0.6) is 5.75 Å². The predicted molar refractivity (Wildman–Crippen MR) is 88.5 cm³/mol. The number of rotatable bonds is 4. The van der Waals surface area contributed by atoms with Gasteiger partial charge in [0.05, 0.1) is 20.3 Å². The molecule has 0 spiro atoms. The van der Waals surface area contributed by atoms with Crippen LogP contribution in [-0.4, -0.2) is 56.8 Å². The first-order valence-electron chi connectivity index (χ1n) is 8.43. The molecule has 1 unspecified atom stereocenters. The van der Waals surface area contributed by atoms with Crippen LogP contribution in [0.15, 0.2) is 12.1 Å². The summed E-state index contributed by atoms with van der Waals surface area (Å²) in [6.45, 7) is 8.10. The molecule has 1 saturated heterocycles. The van der Waals surface area contributed by atoms with Crippen LogP contribution < -0.4 is 4.74 Å². The highest BCUT2D eigenvalue weighted by Crippen LogP contribution is 2.36. The highest BCUT2D eigenvalue weighted by molar-refractivity contribution is 5.45. The number of hydrogen-bond donors (Lipinski definition) is 0. The van der Waals surface area contributed by atoms with Gasteiger partial charge in [0.25, 0.3) is 0 Å². The second-order valence-corrected chi connectivity index (χ2v) is 6.41. The van der Waals surface area contributed by atoms with Crippen LogP contribution in [0.3, 0.4) is 0 Å². The van der Waals surface area contributed by atoms with Gasteiger partial charge in [-0.15, -0.1) is 0 Å². The van der Waals surface area contributed by atoms with Gasteiger partial charge in [-0.1, -0.05) is 13.0 Å². The fourth-order valence-corrected chi connectivity index (χ4v) is 3.75. The van der Waals surface area contributed by atoms with Gasteiger partial charge in [-0.3, -0.25) is 9.80 Å². The Kier molecular flexibility index (Phi) is 5.01. The number of methoxy groups -OCH3 is 1. The number of benzene rings is 1. The Morgan fingerprint density at radius 3 is 2.68 bits per heavy atom. The fraction of sp³-hybridized carbons (Fsp3) is 0.667. The van der Waals surface area contributed by atoms with E-state index in [9.17, 15) is 0 Å². The number of fused-ring (bicyclic) bond motifs is 1. The van der Waals surface area contributed by atoms with Crippen molar-refractivity contribution in [2.45, 2.75) is 32.4 Å². The van der Waals surface area contributed by atoms with Crippen molar-refractivity contribution in [3.05, 3.63) is 28.8 Å². The van der Waals surface area contributed by atoms with Crippen LogP contribution in [-0.2, 0) is 17.7 Å². The number of hydrogen-bond acceptors (Lipinski definition) is 4. The molecule has 4 nitrogen and oxygen atoms in total. The molecule has 122 valence electrons. The summed E-state index contributed by atoms with van der Waals surface area (Å²) in [7, 11) is 4.02. The maximum absolute atomic E-state index is 5.70. The first-order valence-corrected chi connectivity index (χ1v) is 8.43. The largest absolute Gasteiger partial charge is 0.496 e. The van der Waals surface area contributed by atoms with Crippen LogP contribution in [0.1, 0.15) is 36.1 Å². The molecule has 2 aliphatic heterocycles. The minimum Gasteiger partial charge on any atom is -0.496 e. The lowest BCUT2D eigenvalue weighted by molar-refractivity contribution is 0.0338. The zero-order valence-electron chi connectivity index (χ0n) is 14.1. The van der Waals surface area contributed by atoms with E-state index < -0.39 is 0 Å². The quantitative estimate of drug-likeness (QED) is 0.853. The Labute approximate surface area is 134 Å². The molecule has 1 fully saturated rings. The van der Waals surface area contributed by atoms with Crippen molar-refractivity contribution in [1.29, 1.82) is 0 Å². The van der Waals surface area contributed by atoms with Crippen molar-refractivity contribution < 1.29 is 9.47 Å². The highest BCUT2D eigenvalue weighted by atomic mass is 16.5. The van der Waals surface area contributed by atoms with Gasteiger partial charge in [0, 0.05) is 37.8 Å². The molecular formula is C18H28N2O2. The van der Waals surface area contributed by atoms with Crippen molar-refractivity contribution in [1.82, 2.24) is 9.80 Å². The van der Waals surface area contributed by atoms with Gasteiger partial charge >= 0.3 is 0 Å². The average Bonchev–Trinajstić information content (AvgIpc) is 2.55. The minimum atomic E-state index is 0.523. The van der Waals surface area contributed by atoms with E-state index in [-0.39, 0.29) is 0 Å². The van der Waals surface area contributed by atoms with Crippen molar-refractivity contribution in [3.8, 4) is 5.75 Å². The first kappa shape index (κ1) is 15.8. The van der Waals surface area contributed by atoms with E-state index in [0.29, 0.717) is 6.04 Å². The molecule has 0 bridgehead atoms. The smallest absolute Gasteiger partial charge is 0.123 e. The molecule has 1 atom stereocenters. The summed E-state index contributed by atoms with van der Waals surface area (Å²) in [5, 5.41) is 0. The van der Waals surface area contributed by atoms with Gasteiger partial charge in [-0.05, 0) is 37.1 Å². The second kappa shape index (κ2) is 6.99. The van der Waals surface area contributed by atoms with E-state index in [1.165, 1.54) is 16.7 Å². The van der Waals surface area contributed by atoms with E-state index in [1.807, 2.05) is 0 Å². The summed E-state index contributed by atoms with van der Waals surface area (Å²) in [5.74, 6) is 1.04. The van der Waals surface area contributed by atoms with Gasteiger partial charge in [-0.2, -0.15) is 0 Å². The summed E-state index contributed by atoms with van der Waals surface area (Å²) in [5.41, 5.74) is 4.29. The summed E-state index contributed by atoms with van der Waals surface area (Å²) in [6, 6.07) is 5.20. The van der Waals surface area contributed by atoms with Crippen LogP contribution >= 0.6 is 0 Å². The van der Waals surface area contributed by atoms with E-state index in [1.54, 1.807) is 7.11 Å². The lowest BCUT2D eigenvalue weighted by atomic mass is 9.89. The predicted octanol–water partition coefficient (Wildman–Crippen LogP) is 2.47. The third-order valence-electron chi connectivity index (χ3n) is 5.05. The zero-order valence-corrected chi connectivity index (χ0v) is 14.1. The lowest BCUT2D eigenvalue weighted by Crippen LogP contribution is -2.36. The molecule has 0 radical (unpaired) electrons. The number of ether oxygens (including phenoxy) is 2. The van der Waals surface area contributed by atoms with Crippen LogP contribution in [0.25, 0.3) is 0 Å². The summed E-state index contributed by atoms with van der Waals surface area (Å²) >= 11 is 0. The topological polar surface area (TPSA) is 24.9 Å². The SMILES string of the molecule is CCC1c2cc(OC)c(CN3CCOCC3)cc2CCN1C. The highest BCUT2D eigenvalue weighted by Gasteiger charge is 2.25. The van der Waals surface area contributed by atoms with Gasteiger partial charge in [0.15, 0.2) is 0 Å². The van der Waals surface area contributed by atoms with E-state index in [4.69, 9.17) is 9.47 Å². The van der Waals surface area contributed by atoms with Gasteiger partial charge in [0.2, 0.25) is 0 Å². The molecule has 0 aliphatic carbocycles. The van der Waals surface area contributed by atoms with Crippen LogP contribution in [0, 0.1) is 0 Å². The van der Waals surface area contributed by atoms with E-state index >= 15 is 0 Å². The molecule has 2 heterocycles. The van der Waals surface area contributed by atoms with Crippen molar-refractivity contribution in [2.75, 3.05) is 47.0 Å². The maximum atomic E-state index is 5.70. The van der Waals surface area contributed by atoms with E-state index in [2.05, 4.69) is 35.9 Å². The van der Waals surface area contributed by atoms with Crippen molar-refractivity contribution in [2.24, 2.45) is 0 Å². The molecule has 0 saturated carbocycles. The molecule has 1 aromatic carbocycles. The Morgan fingerprint density at radius 1 is 1.23 bits per heavy atom. The molecule has 3 rings (SSSR count). The minimum absolute atomic E-state index is 0.523. The summed E-state index contributed by atoms with van der Waals surface area (Å²) in [6.07, 6.45) is 2.29. The molecular weight excluding hydrogens is 276 g/mol. The second-order valence-electron chi connectivity index (χ2n) is 6.41. The molecule has 2 aliphatic rings. The monoisotopic (exact) mass is 304 g/mol. The van der Waals surface area contributed by atoms with Crippen LogP contribution in [0.2, 0.25) is 0 Å². The van der Waals surface area contributed by atoms with Gasteiger partial charge < -0.3 is 9.47 Å². The molecule has 4 heteroatoms. The number of likely N-dealkylation sites (N-methyl/N-ethyl adjacent to an activating group) is 1. The fourth-order valence-electron chi connectivity index (χ4n) is 3.75. The third-order valence-corrected chi connectivity index (χ3v) is 5.05. The molecule has 22 heavy (non-hydrogen) atoms. The average molecular weight is 304 g/mol. The normalized spacial score (nSPS) is 23.3. The Bertz CT molecular complexity index is 512. The molecule has 0 N–H and O–H groups in total. The zero-order chi connectivity index (χ0) is 15.5. The molecule has 1 aromatic rings. The number of nitrogens with zero attached hydrogens (tertiary/aromatic N) is 2. The lowest BCUT2D eigenvalue weighted by Gasteiger charge is -2.35. The standard InChI is InChI=1S/C18H28N2O2/c1-4-17-16-12-18(21-3)15(11-14(16)5-6-19(17)2)13-20-7-9-22-10-8-20/h11-12,17H,4-10,13H2,1-3H3. The number of morpholine rings is 1. The third kappa shape index (κ3) is 3.14. The first-order chi connectivity index (χ1) is 10.7. The van der Waals surface area contributed by atoms with Crippen molar-refractivity contribution >= 4 is 0 Å². The van der Waals surface area contributed by atoms with Gasteiger partial charge in [0.1, 0.15) is 5.75 Å². The summed E-state index contributed by atoms with van der Waals surface area (Å²) < 4.78 is 11.2. The Morgan fingerprint density at radius 2 is 2.00 bits per heavy atom. The molecule has 0 aromatic heterocycles. The maximum Gasteiger partial charge on any atom is 0.123 e.